The minimum absolute atomic E-state index is 0. The van der Waals surface area contributed by atoms with Crippen LogP contribution in [0, 0.1) is 12.7 Å². The van der Waals surface area contributed by atoms with Gasteiger partial charge in [0.1, 0.15) is 5.82 Å². The molecule has 1 aromatic rings. The van der Waals surface area contributed by atoms with Gasteiger partial charge in [0.2, 0.25) is 0 Å². The molecule has 13 heavy (non-hydrogen) atoms. The van der Waals surface area contributed by atoms with Crippen LogP contribution in [0.15, 0.2) is 18.2 Å². The van der Waals surface area contributed by atoms with Crippen LogP contribution in [0.3, 0.4) is 0 Å². The highest BCUT2D eigenvalue weighted by molar-refractivity contribution is 5.85. The summed E-state index contributed by atoms with van der Waals surface area (Å²) in [6.07, 6.45) is 0.838. The molecule has 0 radical (unpaired) electrons. The van der Waals surface area contributed by atoms with Gasteiger partial charge in [-0.05, 0) is 30.5 Å². The molecule has 0 aliphatic carbocycles. The van der Waals surface area contributed by atoms with Crippen LogP contribution in [-0.4, -0.2) is 0 Å². The molecule has 0 aliphatic rings. The predicted molar refractivity (Wildman–Crippen MR) is 55.6 cm³/mol. The SMILES string of the molecule is CC[C@@H](N)c1cccc(F)c1C.Cl. The molecule has 0 spiro atoms. The predicted octanol–water partition coefficient (Wildman–Crippen LogP) is 2.97. The maximum absolute atomic E-state index is 13.0. The van der Waals surface area contributed by atoms with E-state index in [-0.39, 0.29) is 24.3 Å². The summed E-state index contributed by atoms with van der Waals surface area (Å²) in [5.74, 6) is -0.170. The van der Waals surface area contributed by atoms with E-state index in [0.717, 1.165) is 12.0 Å². The summed E-state index contributed by atoms with van der Waals surface area (Å²) >= 11 is 0. The average Bonchev–Trinajstić information content (AvgIpc) is 2.08. The third-order valence-corrected chi connectivity index (χ3v) is 2.15. The molecule has 1 nitrogen and oxygen atoms in total. The zero-order chi connectivity index (χ0) is 9.14. The van der Waals surface area contributed by atoms with Gasteiger partial charge in [-0.3, -0.25) is 0 Å². The second-order valence-corrected chi connectivity index (χ2v) is 2.97. The van der Waals surface area contributed by atoms with Gasteiger partial charge < -0.3 is 5.73 Å². The van der Waals surface area contributed by atoms with E-state index in [2.05, 4.69) is 0 Å². The van der Waals surface area contributed by atoms with Crippen LogP contribution >= 0.6 is 12.4 Å². The van der Waals surface area contributed by atoms with E-state index in [1.165, 1.54) is 6.07 Å². The van der Waals surface area contributed by atoms with Crippen LogP contribution in [0.4, 0.5) is 4.39 Å². The molecule has 2 N–H and O–H groups in total. The van der Waals surface area contributed by atoms with E-state index in [1.54, 1.807) is 13.0 Å². The summed E-state index contributed by atoms with van der Waals surface area (Å²) in [6, 6.07) is 5.00. The zero-order valence-corrected chi connectivity index (χ0v) is 8.70. The normalized spacial score (nSPS) is 12.0. The first-order valence-electron chi connectivity index (χ1n) is 4.17. The van der Waals surface area contributed by atoms with Crippen molar-refractivity contribution in [2.75, 3.05) is 0 Å². The van der Waals surface area contributed by atoms with Crippen molar-refractivity contribution in [2.45, 2.75) is 26.3 Å². The minimum Gasteiger partial charge on any atom is -0.324 e. The molecule has 0 aliphatic heterocycles. The minimum atomic E-state index is -0.170. The Morgan fingerprint density at radius 2 is 2.08 bits per heavy atom. The first-order chi connectivity index (χ1) is 5.66. The number of halogens is 2. The molecule has 0 heterocycles. The molecular weight excluding hydrogens is 189 g/mol. The summed E-state index contributed by atoms with van der Waals surface area (Å²) in [5, 5.41) is 0. The molecule has 0 amide bonds. The topological polar surface area (TPSA) is 26.0 Å². The van der Waals surface area contributed by atoms with Crippen molar-refractivity contribution in [1.29, 1.82) is 0 Å². The maximum atomic E-state index is 13.0. The molecule has 74 valence electrons. The molecular formula is C10H15ClFN. The Morgan fingerprint density at radius 1 is 1.46 bits per heavy atom. The fraction of sp³-hybridized carbons (Fsp3) is 0.400. The van der Waals surface area contributed by atoms with E-state index in [0.29, 0.717) is 5.56 Å². The van der Waals surface area contributed by atoms with Crippen LogP contribution in [0.5, 0.6) is 0 Å². The Labute approximate surface area is 84.5 Å². The highest BCUT2D eigenvalue weighted by Gasteiger charge is 2.08. The fourth-order valence-electron chi connectivity index (χ4n) is 1.25. The Balaban J connectivity index is 0.00000144. The molecule has 0 saturated carbocycles. The lowest BCUT2D eigenvalue weighted by atomic mass is 10.00. The van der Waals surface area contributed by atoms with Crippen LogP contribution < -0.4 is 5.73 Å². The van der Waals surface area contributed by atoms with Gasteiger partial charge in [-0.1, -0.05) is 19.1 Å². The molecule has 0 bridgehead atoms. The smallest absolute Gasteiger partial charge is 0.126 e. The highest BCUT2D eigenvalue weighted by Crippen LogP contribution is 2.19. The second-order valence-electron chi connectivity index (χ2n) is 2.97. The molecule has 3 heteroatoms. The van der Waals surface area contributed by atoms with E-state index < -0.39 is 0 Å². The van der Waals surface area contributed by atoms with Crippen molar-refractivity contribution < 1.29 is 4.39 Å². The van der Waals surface area contributed by atoms with Crippen molar-refractivity contribution in [3.63, 3.8) is 0 Å². The van der Waals surface area contributed by atoms with Crippen LogP contribution in [0.1, 0.15) is 30.5 Å². The quantitative estimate of drug-likeness (QED) is 0.786. The third kappa shape index (κ3) is 2.68. The molecule has 0 unspecified atom stereocenters. The summed E-state index contributed by atoms with van der Waals surface area (Å²) in [5.41, 5.74) is 7.38. The van der Waals surface area contributed by atoms with Gasteiger partial charge in [0, 0.05) is 6.04 Å². The van der Waals surface area contributed by atoms with Gasteiger partial charge in [0.15, 0.2) is 0 Å². The monoisotopic (exact) mass is 203 g/mol. The van der Waals surface area contributed by atoms with Gasteiger partial charge >= 0.3 is 0 Å². The van der Waals surface area contributed by atoms with Crippen molar-refractivity contribution in [3.8, 4) is 0 Å². The number of hydrogen-bond donors (Lipinski definition) is 1. The lowest BCUT2D eigenvalue weighted by Gasteiger charge is -2.12. The Hall–Kier alpha value is -0.600. The Morgan fingerprint density at radius 3 is 2.62 bits per heavy atom. The summed E-state index contributed by atoms with van der Waals surface area (Å²) in [6.45, 7) is 3.76. The third-order valence-electron chi connectivity index (χ3n) is 2.15. The summed E-state index contributed by atoms with van der Waals surface area (Å²) < 4.78 is 13.0. The first kappa shape index (κ1) is 12.4. The largest absolute Gasteiger partial charge is 0.324 e. The number of nitrogens with two attached hydrogens (primary N) is 1. The zero-order valence-electron chi connectivity index (χ0n) is 7.88. The van der Waals surface area contributed by atoms with E-state index >= 15 is 0 Å². The Bertz CT molecular complexity index is 276. The van der Waals surface area contributed by atoms with Crippen molar-refractivity contribution in [1.82, 2.24) is 0 Å². The number of rotatable bonds is 2. The van der Waals surface area contributed by atoms with Crippen LogP contribution in [-0.2, 0) is 0 Å². The van der Waals surface area contributed by atoms with Gasteiger partial charge in [-0.2, -0.15) is 0 Å². The highest BCUT2D eigenvalue weighted by atomic mass is 35.5. The first-order valence-corrected chi connectivity index (χ1v) is 4.17. The number of hydrogen-bond acceptors (Lipinski definition) is 1. The average molecular weight is 204 g/mol. The standard InChI is InChI=1S/C10H14FN.ClH/c1-3-10(12)8-5-4-6-9(11)7(8)2;/h4-6,10H,3,12H2,1-2H3;1H/t10-;/m1./s1. The maximum Gasteiger partial charge on any atom is 0.126 e. The van der Waals surface area contributed by atoms with Gasteiger partial charge in [-0.15, -0.1) is 12.4 Å². The molecule has 0 aromatic heterocycles. The van der Waals surface area contributed by atoms with E-state index in [9.17, 15) is 4.39 Å². The molecule has 1 rings (SSSR count). The second kappa shape index (κ2) is 5.20. The van der Waals surface area contributed by atoms with Crippen LogP contribution in [0.2, 0.25) is 0 Å². The number of benzene rings is 1. The van der Waals surface area contributed by atoms with Crippen molar-refractivity contribution in [3.05, 3.63) is 35.1 Å². The van der Waals surface area contributed by atoms with Crippen molar-refractivity contribution in [2.24, 2.45) is 5.73 Å². The molecule has 1 atom stereocenters. The molecule has 1 aromatic carbocycles. The molecule has 0 fully saturated rings. The van der Waals surface area contributed by atoms with Gasteiger partial charge in [-0.25, -0.2) is 4.39 Å². The lowest BCUT2D eigenvalue weighted by molar-refractivity contribution is 0.605. The fourth-order valence-corrected chi connectivity index (χ4v) is 1.25. The van der Waals surface area contributed by atoms with E-state index in [1.807, 2.05) is 13.0 Å². The van der Waals surface area contributed by atoms with E-state index in [4.69, 9.17) is 5.73 Å². The van der Waals surface area contributed by atoms with Gasteiger partial charge in [0.25, 0.3) is 0 Å². The van der Waals surface area contributed by atoms with Gasteiger partial charge in [0.05, 0.1) is 0 Å². The summed E-state index contributed by atoms with van der Waals surface area (Å²) in [4.78, 5) is 0. The Kier molecular flexibility index (Phi) is 4.96. The summed E-state index contributed by atoms with van der Waals surface area (Å²) in [7, 11) is 0. The molecule has 0 saturated heterocycles. The van der Waals surface area contributed by atoms with Crippen molar-refractivity contribution >= 4 is 12.4 Å². The lowest BCUT2D eigenvalue weighted by Crippen LogP contribution is -2.10. The van der Waals surface area contributed by atoms with Crippen LogP contribution in [0.25, 0.3) is 0 Å².